The number of hydrogen-bond acceptors (Lipinski definition) is 4. The van der Waals surface area contributed by atoms with Gasteiger partial charge in [0, 0.05) is 24.8 Å². The SMILES string of the molecule is CC(C)[Si](Cl)(c1ccc(-c2ccc([Si](Cl)(C(C)C)C(C)C)cn2)nc1)C(C)C.CC(C)[Si](Cl)(c1ccc(-c2ccc([Si](Cl)(C(C)C)C(C)C)cn2)nc1)C(C)C.[Cl][Fe][Cl]. The standard InChI is InChI=1S/2C22H34Cl2N2Si2.2ClH.Fe/c2*1-15(2)27(23,16(3)4)19-9-11-21(25-13-19)22-12-10-20(14-26-22)28(24,17(5)6)18(7)8;;;/h2*9-18H,1-8H3;2*1H;/q;;;;+2/p-2. The molecule has 4 aromatic heterocycles. The van der Waals surface area contributed by atoms with E-state index in [9.17, 15) is 0 Å². The predicted molar refractivity (Wildman–Crippen MR) is 272 cm³/mol. The van der Waals surface area contributed by atoms with Gasteiger partial charge in [-0.2, -0.15) is 44.3 Å². The summed E-state index contributed by atoms with van der Waals surface area (Å²) in [5.41, 5.74) is 7.14. The number of halogens is 6. The molecule has 0 aliphatic carbocycles. The van der Waals surface area contributed by atoms with Gasteiger partial charge in [-0.3, -0.25) is 19.9 Å². The second kappa shape index (κ2) is 23.6. The summed E-state index contributed by atoms with van der Waals surface area (Å²) >= 11 is 28.7. The third-order valence-corrected chi connectivity index (χ3v) is 43.3. The van der Waals surface area contributed by atoms with Crippen LogP contribution in [0.25, 0.3) is 22.8 Å². The third-order valence-electron chi connectivity index (χ3n) is 12.1. The fourth-order valence-corrected chi connectivity index (χ4v) is 22.8. The Labute approximate surface area is 395 Å². The summed E-state index contributed by atoms with van der Waals surface area (Å²) in [7, 11) is 1.18. The van der Waals surface area contributed by atoms with Crippen molar-refractivity contribution >= 4 is 115 Å². The van der Waals surface area contributed by atoms with E-state index in [0.29, 0.717) is 44.3 Å². The molecule has 0 atom stereocenters. The van der Waals surface area contributed by atoms with Crippen molar-refractivity contribution in [3.8, 4) is 22.8 Å². The van der Waals surface area contributed by atoms with Crippen LogP contribution in [-0.2, 0) is 13.1 Å². The van der Waals surface area contributed by atoms with E-state index in [0.717, 1.165) is 22.8 Å². The fourth-order valence-electron chi connectivity index (χ4n) is 8.42. The number of nitrogens with zero attached hydrogens (tertiary/aromatic N) is 4. The Kier molecular flexibility index (Phi) is 21.9. The Morgan fingerprint density at radius 1 is 0.322 bits per heavy atom. The molecule has 0 aliphatic heterocycles. The second-order valence-corrected chi connectivity index (χ2v) is 45.1. The van der Waals surface area contributed by atoms with Gasteiger partial charge in [-0.25, -0.2) is 0 Å². The van der Waals surface area contributed by atoms with Crippen molar-refractivity contribution in [1.82, 2.24) is 19.9 Å². The van der Waals surface area contributed by atoms with E-state index >= 15 is 0 Å². The van der Waals surface area contributed by atoms with Crippen LogP contribution < -0.4 is 20.7 Å². The molecule has 0 aromatic carbocycles. The van der Waals surface area contributed by atoms with Crippen LogP contribution in [0.3, 0.4) is 0 Å². The van der Waals surface area contributed by atoms with Crippen molar-refractivity contribution in [2.75, 3.05) is 0 Å². The van der Waals surface area contributed by atoms with Crippen molar-refractivity contribution in [2.45, 2.75) is 155 Å². The molecule has 4 heterocycles. The molecule has 0 spiro atoms. The summed E-state index contributed by atoms with van der Waals surface area (Å²) in [6.07, 6.45) is 7.86. The fraction of sp³-hybridized carbons (Fsp3) is 0.545. The molecule has 0 unspecified atom stereocenters. The van der Waals surface area contributed by atoms with Gasteiger partial charge in [-0.05, 0) is 89.3 Å². The molecule has 0 amide bonds. The van der Waals surface area contributed by atoms with E-state index < -0.39 is 29.5 Å². The maximum absolute atomic E-state index is 7.14. The second-order valence-electron chi connectivity index (χ2n) is 18.1. The third kappa shape index (κ3) is 12.5. The van der Waals surface area contributed by atoms with Crippen LogP contribution in [0.4, 0.5) is 0 Å². The van der Waals surface area contributed by atoms with Gasteiger partial charge < -0.3 is 0 Å². The Hall–Kier alpha value is -0.273. The minimum absolute atomic E-state index is 0.194. The van der Waals surface area contributed by atoms with E-state index in [-0.39, 0.29) is 13.1 Å². The summed E-state index contributed by atoms with van der Waals surface area (Å²) in [6.45, 7) is 35.5. The average Bonchev–Trinajstić information content (AvgIpc) is 3.19. The van der Waals surface area contributed by atoms with Gasteiger partial charge in [0.25, 0.3) is 0 Å². The monoisotopic (exact) mass is 1030 g/mol. The van der Waals surface area contributed by atoms with Crippen LogP contribution in [0.1, 0.15) is 111 Å². The molecule has 0 bridgehead atoms. The van der Waals surface area contributed by atoms with Crippen LogP contribution in [0.15, 0.2) is 73.3 Å². The van der Waals surface area contributed by atoms with Crippen LogP contribution in [-0.4, -0.2) is 49.5 Å². The van der Waals surface area contributed by atoms with Crippen molar-refractivity contribution in [3.05, 3.63) is 73.3 Å². The quantitative estimate of drug-likeness (QED) is 0.0933. The van der Waals surface area contributed by atoms with E-state index in [1.165, 1.54) is 20.7 Å². The van der Waals surface area contributed by atoms with Crippen LogP contribution in [0.2, 0.25) is 44.3 Å². The van der Waals surface area contributed by atoms with E-state index in [1.54, 1.807) is 0 Å². The molecular weight excluding hydrogens is 965 g/mol. The maximum atomic E-state index is 7.14. The van der Waals surface area contributed by atoms with Crippen LogP contribution >= 0.6 is 64.5 Å². The number of aromatic nitrogens is 4. The molecule has 330 valence electrons. The Bertz CT molecular complexity index is 1540. The van der Waals surface area contributed by atoms with Crippen molar-refractivity contribution in [1.29, 1.82) is 0 Å². The zero-order valence-corrected chi connectivity index (χ0v) is 47.6. The van der Waals surface area contributed by atoms with Gasteiger partial charge in [0.2, 0.25) is 0 Å². The summed E-state index contributed by atoms with van der Waals surface area (Å²) in [5.74, 6) is 0. The van der Waals surface area contributed by atoms with Gasteiger partial charge in [0.15, 0.2) is 29.5 Å². The van der Waals surface area contributed by atoms with Crippen LogP contribution in [0.5, 0.6) is 0 Å². The summed E-state index contributed by atoms with van der Waals surface area (Å²) < 4.78 is 0. The molecule has 15 heteroatoms. The zero-order chi connectivity index (χ0) is 45.3. The molecule has 0 N–H and O–H groups in total. The van der Waals surface area contributed by atoms with E-state index in [4.69, 9.17) is 84.4 Å². The Morgan fingerprint density at radius 2 is 0.458 bits per heavy atom. The summed E-state index contributed by atoms with van der Waals surface area (Å²) in [6, 6.07) is 16.8. The number of rotatable bonds is 14. The van der Waals surface area contributed by atoms with E-state index in [1.807, 2.05) is 24.8 Å². The van der Waals surface area contributed by atoms with Crippen molar-refractivity contribution in [3.63, 3.8) is 0 Å². The van der Waals surface area contributed by atoms with Crippen molar-refractivity contribution in [2.24, 2.45) is 0 Å². The molecule has 0 fully saturated rings. The van der Waals surface area contributed by atoms with Gasteiger partial charge >= 0.3 is 33.3 Å². The Morgan fingerprint density at radius 3 is 0.542 bits per heavy atom. The summed E-state index contributed by atoms with van der Waals surface area (Å²) in [4.78, 5) is 18.8. The zero-order valence-electron chi connectivity index (χ0n) is 38.0. The van der Waals surface area contributed by atoms with Gasteiger partial charge in [0.1, 0.15) is 0 Å². The summed E-state index contributed by atoms with van der Waals surface area (Å²) in [5, 5.41) is 4.80. The first-order valence-corrected chi connectivity index (χ1v) is 36.5. The molecule has 4 nitrogen and oxygen atoms in total. The molecule has 59 heavy (non-hydrogen) atoms. The predicted octanol–water partition coefficient (Wildman–Crippen LogP) is 14.5. The normalized spacial score (nSPS) is 12.9. The molecule has 0 saturated carbocycles. The average molecular weight is 1030 g/mol. The topological polar surface area (TPSA) is 51.6 Å². The van der Waals surface area contributed by atoms with Crippen LogP contribution in [0, 0.1) is 0 Å². The molecule has 4 rings (SSSR count). The molecule has 4 aromatic rings. The molecule has 0 saturated heterocycles. The first-order valence-electron chi connectivity index (χ1n) is 20.8. The molecule has 0 aliphatic rings. The Balaban J connectivity index is 0.000000381. The van der Waals surface area contributed by atoms with Gasteiger partial charge in [-0.1, -0.05) is 135 Å². The number of hydrogen-bond donors (Lipinski definition) is 0. The first kappa shape index (κ1) is 54.9. The number of pyridine rings is 4. The van der Waals surface area contributed by atoms with Crippen molar-refractivity contribution < 1.29 is 13.1 Å². The molecule has 0 radical (unpaired) electrons. The van der Waals surface area contributed by atoms with Gasteiger partial charge in [-0.15, -0.1) is 0 Å². The minimum atomic E-state index is -2.09. The van der Waals surface area contributed by atoms with E-state index in [2.05, 4.69) is 159 Å². The molecular formula is C44H68Cl6FeN4Si4. The first-order chi connectivity index (χ1) is 27.3. The van der Waals surface area contributed by atoms with Gasteiger partial charge in [0.05, 0.1) is 22.8 Å².